The first-order valence-corrected chi connectivity index (χ1v) is 9.21. The van der Waals surface area contributed by atoms with E-state index < -0.39 is 0 Å². The van der Waals surface area contributed by atoms with Crippen molar-refractivity contribution in [2.24, 2.45) is 5.10 Å². The largest absolute Gasteiger partial charge is 0.326 e. The molecule has 28 heavy (non-hydrogen) atoms. The molecule has 5 heteroatoms. The Morgan fingerprint density at radius 1 is 0.857 bits per heavy atom. The van der Waals surface area contributed by atoms with Crippen molar-refractivity contribution in [2.45, 2.75) is 26.7 Å². The van der Waals surface area contributed by atoms with Gasteiger partial charge in [-0.2, -0.15) is 5.10 Å². The molecule has 0 atom stereocenters. The van der Waals surface area contributed by atoms with Gasteiger partial charge in [0.25, 0.3) is 0 Å². The van der Waals surface area contributed by atoms with Gasteiger partial charge in [-0.05, 0) is 30.9 Å². The third-order valence-electron chi connectivity index (χ3n) is 4.46. The number of hydrogen-bond donors (Lipinski definition) is 2. The highest BCUT2D eigenvalue weighted by molar-refractivity contribution is 6.03. The first kappa shape index (κ1) is 19.3. The van der Waals surface area contributed by atoms with Gasteiger partial charge in [-0.15, -0.1) is 0 Å². The third kappa shape index (κ3) is 5.04. The van der Waals surface area contributed by atoms with Crippen molar-refractivity contribution in [3.05, 3.63) is 77.9 Å². The molecule has 3 aromatic carbocycles. The molecule has 0 radical (unpaired) electrons. The van der Waals surface area contributed by atoms with Gasteiger partial charge in [-0.25, -0.2) is 5.43 Å². The highest BCUT2D eigenvalue weighted by Gasteiger charge is 2.09. The molecule has 3 aromatic rings. The summed E-state index contributed by atoms with van der Waals surface area (Å²) in [6.45, 7) is 3.85. The van der Waals surface area contributed by atoms with Crippen LogP contribution < -0.4 is 10.7 Å². The van der Waals surface area contributed by atoms with Crippen LogP contribution in [0.3, 0.4) is 0 Å². The van der Waals surface area contributed by atoms with Gasteiger partial charge in [-0.1, -0.05) is 66.2 Å². The van der Waals surface area contributed by atoms with Crippen LogP contribution in [0.5, 0.6) is 0 Å². The van der Waals surface area contributed by atoms with E-state index in [1.807, 2.05) is 80.6 Å². The Labute approximate surface area is 164 Å². The number of aryl methyl sites for hydroxylation is 1. The van der Waals surface area contributed by atoms with Crippen molar-refractivity contribution in [1.29, 1.82) is 0 Å². The van der Waals surface area contributed by atoms with Crippen LogP contribution in [0.2, 0.25) is 0 Å². The van der Waals surface area contributed by atoms with Crippen LogP contribution >= 0.6 is 0 Å². The van der Waals surface area contributed by atoms with Crippen LogP contribution in [0.25, 0.3) is 10.8 Å². The van der Waals surface area contributed by atoms with Gasteiger partial charge < -0.3 is 5.32 Å². The van der Waals surface area contributed by atoms with E-state index in [0.717, 1.165) is 27.6 Å². The quantitative estimate of drug-likeness (QED) is 0.496. The summed E-state index contributed by atoms with van der Waals surface area (Å²) in [7, 11) is 0. The predicted octanol–water partition coefficient (Wildman–Crippen LogP) is 4.41. The number of nitrogens with one attached hydrogen (secondary N) is 2. The maximum atomic E-state index is 12.2. The molecular formula is C23H23N3O2. The Hall–Kier alpha value is -3.47. The molecule has 3 rings (SSSR count). The number of amides is 2. The minimum atomic E-state index is -0.292. The number of anilines is 1. The maximum Gasteiger partial charge on any atom is 0.240 e. The Bertz CT molecular complexity index is 1020. The van der Waals surface area contributed by atoms with Gasteiger partial charge in [0.15, 0.2) is 0 Å². The molecule has 0 unspecified atom stereocenters. The highest BCUT2D eigenvalue weighted by Crippen LogP contribution is 2.23. The summed E-state index contributed by atoms with van der Waals surface area (Å²) in [5.41, 5.74) is 6.09. The number of hydrogen-bond acceptors (Lipinski definition) is 3. The molecule has 0 aliphatic carbocycles. The van der Waals surface area contributed by atoms with Gasteiger partial charge in [0, 0.05) is 23.9 Å². The van der Waals surface area contributed by atoms with Crippen LogP contribution in [0.15, 0.2) is 71.8 Å². The number of rotatable bonds is 6. The fourth-order valence-corrected chi connectivity index (χ4v) is 2.84. The lowest BCUT2D eigenvalue weighted by molar-refractivity contribution is -0.124. The zero-order valence-corrected chi connectivity index (χ0v) is 16.0. The smallest absolute Gasteiger partial charge is 0.240 e. The van der Waals surface area contributed by atoms with Crippen LogP contribution in [0.1, 0.15) is 30.9 Å². The monoisotopic (exact) mass is 373 g/mol. The van der Waals surface area contributed by atoms with Crippen molar-refractivity contribution in [1.82, 2.24) is 5.43 Å². The minimum absolute atomic E-state index is 0.0707. The fraction of sp³-hybridized carbons (Fsp3) is 0.174. The average molecular weight is 373 g/mol. The Morgan fingerprint density at radius 3 is 2.32 bits per heavy atom. The molecule has 0 bridgehead atoms. The summed E-state index contributed by atoms with van der Waals surface area (Å²) in [6, 6.07) is 21.5. The summed E-state index contributed by atoms with van der Waals surface area (Å²) in [6.07, 6.45) is 0.162. The van der Waals surface area contributed by atoms with E-state index >= 15 is 0 Å². The molecule has 0 aliphatic heterocycles. The zero-order valence-electron chi connectivity index (χ0n) is 16.0. The molecule has 2 amide bonds. The molecular weight excluding hydrogens is 350 g/mol. The Balaban J connectivity index is 1.52. The normalized spacial score (nSPS) is 11.3. The van der Waals surface area contributed by atoms with Crippen LogP contribution in [-0.2, 0) is 9.59 Å². The van der Waals surface area contributed by atoms with Crippen LogP contribution in [-0.4, -0.2) is 17.5 Å². The van der Waals surface area contributed by atoms with Gasteiger partial charge >= 0.3 is 0 Å². The van der Waals surface area contributed by atoms with Crippen molar-refractivity contribution < 1.29 is 9.59 Å². The van der Waals surface area contributed by atoms with Crippen molar-refractivity contribution in [2.75, 3.05) is 5.32 Å². The van der Waals surface area contributed by atoms with E-state index in [1.54, 1.807) is 0 Å². The molecule has 2 N–H and O–H groups in total. The maximum absolute atomic E-state index is 12.2. The van der Waals surface area contributed by atoms with E-state index in [-0.39, 0.29) is 24.7 Å². The summed E-state index contributed by atoms with van der Waals surface area (Å²) in [4.78, 5) is 24.2. The summed E-state index contributed by atoms with van der Waals surface area (Å²) in [5, 5.41) is 9.02. The number of carbonyl (C=O) groups excluding carboxylic acids is 2. The van der Waals surface area contributed by atoms with E-state index in [2.05, 4.69) is 15.8 Å². The zero-order chi connectivity index (χ0) is 19.9. The molecule has 0 saturated heterocycles. The number of fused-ring (bicyclic) bond motifs is 1. The van der Waals surface area contributed by atoms with E-state index in [0.29, 0.717) is 5.71 Å². The first-order valence-electron chi connectivity index (χ1n) is 9.21. The lowest BCUT2D eigenvalue weighted by Gasteiger charge is -2.08. The summed E-state index contributed by atoms with van der Waals surface area (Å²) >= 11 is 0. The third-order valence-corrected chi connectivity index (χ3v) is 4.46. The average Bonchev–Trinajstić information content (AvgIpc) is 2.71. The topological polar surface area (TPSA) is 70.6 Å². The molecule has 0 aromatic heterocycles. The predicted molar refractivity (Wildman–Crippen MR) is 113 cm³/mol. The number of nitrogens with zero attached hydrogens (tertiary/aromatic N) is 1. The van der Waals surface area contributed by atoms with Crippen molar-refractivity contribution >= 4 is 34.0 Å². The minimum Gasteiger partial charge on any atom is -0.326 e. The van der Waals surface area contributed by atoms with Crippen molar-refractivity contribution in [3.63, 3.8) is 0 Å². The number of hydrazone groups is 1. The second-order valence-corrected chi connectivity index (χ2v) is 6.67. The van der Waals surface area contributed by atoms with Crippen LogP contribution in [0, 0.1) is 6.92 Å². The second-order valence-electron chi connectivity index (χ2n) is 6.67. The lowest BCUT2D eigenvalue weighted by atomic mass is 10.1. The van der Waals surface area contributed by atoms with E-state index in [9.17, 15) is 9.59 Å². The number of benzene rings is 3. The lowest BCUT2D eigenvalue weighted by Crippen LogP contribution is -2.21. The van der Waals surface area contributed by atoms with Gasteiger partial charge in [0.05, 0.1) is 5.71 Å². The molecule has 142 valence electrons. The molecule has 0 aliphatic rings. The molecule has 0 fully saturated rings. The van der Waals surface area contributed by atoms with E-state index in [1.165, 1.54) is 0 Å². The molecule has 0 heterocycles. The molecule has 0 saturated carbocycles. The SMILES string of the molecule is CC(=NNC(=O)CCC(=O)Nc1cccc2ccccc12)c1ccc(C)cc1. The highest BCUT2D eigenvalue weighted by atomic mass is 16.2. The summed E-state index contributed by atoms with van der Waals surface area (Å²) in [5.74, 6) is -0.495. The fourth-order valence-electron chi connectivity index (χ4n) is 2.84. The molecule has 0 spiro atoms. The first-order chi connectivity index (χ1) is 13.5. The Kier molecular flexibility index (Phi) is 6.17. The van der Waals surface area contributed by atoms with E-state index in [4.69, 9.17) is 0 Å². The van der Waals surface area contributed by atoms with Crippen LogP contribution in [0.4, 0.5) is 5.69 Å². The van der Waals surface area contributed by atoms with Gasteiger partial charge in [-0.3, -0.25) is 9.59 Å². The number of carbonyl (C=O) groups is 2. The molecule has 5 nitrogen and oxygen atoms in total. The van der Waals surface area contributed by atoms with Gasteiger partial charge in [0.2, 0.25) is 11.8 Å². The standard InChI is InChI=1S/C23H23N3O2/c1-16-10-12-18(13-11-16)17(2)25-26-23(28)15-14-22(27)24-21-9-5-7-19-6-3-4-8-20(19)21/h3-13H,14-15H2,1-2H3,(H,24,27)(H,26,28). The van der Waals surface area contributed by atoms with Gasteiger partial charge in [0.1, 0.15) is 0 Å². The second kappa shape index (κ2) is 8.95. The Morgan fingerprint density at radius 2 is 1.54 bits per heavy atom. The van der Waals surface area contributed by atoms with Crippen molar-refractivity contribution in [3.8, 4) is 0 Å². The summed E-state index contributed by atoms with van der Waals surface area (Å²) < 4.78 is 0.